The summed E-state index contributed by atoms with van der Waals surface area (Å²) in [4.78, 5) is 11.7. The van der Waals surface area contributed by atoms with Crippen molar-refractivity contribution in [1.82, 2.24) is 0 Å². The molecule has 6 heteroatoms. The minimum Gasteiger partial charge on any atom is -0.367 e. The molecular weight excluding hydrogens is 264 g/mol. The van der Waals surface area contributed by atoms with Crippen molar-refractivity contribution in [3.8, 4) is 0 Å². The Balaban J connectivity index is 2.38. The summed E-state index contributed by atoms with van der Waals surface area (Å²) in [5.41, 5.74) is 0.570. The molecule has 0 unspecified atom stereocenters. The number of carbonyl (C=O) groups is 1. The Kier molecular flexibility index (Phi) is 6.48. The highest BCUT2D eigenvalue weighted by atomic mass is 19.3. The first-order valence-corrected chi connectivity index (χ1v) is 6.39. The number of hydrogen-bond donors (Lipinski definition) is 0. The van der Waals surface area contributed by atoms with Crippen molar-refractivity contribution in [2.24, 2.45) is 0 Å². The number of halogens is 4. The highest BCUT2D eigenvalue weighted by Crippen LogP contribution is 2.23. The van der Waals surface area contributed by atoms with Gasteiger partial charge >= 0.3 is 12.3 Å². The second-order valence-electron chi connectivity index (χ2n) is 4.66. The number of allylic oxidation sites excluding steroid dienone is 1. The highest BCUT2D eigenvalue weighted by Gasteiger charge is 2.41. The molecule has 1 rings (SSSR count). The lowest BCUT2D eigenvalue weighted by Crippen LogP contribution is -2.33. The van der Waals surface area contributed by atoms with Gasteiger partial charge in [0.1, 0.15) is 13.2 Å². The molecule has 0 fully saturated rings. The lowest BCUT2D eigenvalue weighted by molar-refractivity contribution is -0.167. The molecule has 1 aliphatic carbocycles. The molecule has 2 nitrogen and oxygen atoms in total. The van der Waals surface area contributed by atoms with Crippen LogP contribution in [0.5, 0.6) is 0 Å². The van der Waals surface area contributed by atoms with Crippen molar-refractivity contribution >= 4 is 5.78 Å². The van der Waals surface area contributed by atoms with Gasteiger partial charge in [0, 0.05) is 0 Å². The van der Waals surface area contributed by atoms with Gasteiger partial charge < -0.3 is 4.74 Å². The van der Waals surface area contributed by atoms with Crippen LogP contribution in [0.3, 0.4) is 0 Å². The van der Waals surface area contributed by atoms with Crippen molar-refractivity contribution < 1.29 is 27.1 Å². The van der Waals surface area contributed by atoms with Crippen LogP contribution in [-0.2, 0) is 9.53 Å². The Morgan fingerprint density at radius 1 is 1.26 bits per heavy atom. The second kappa shape index (κ2) is 7.62. The quantitative estimate of drug-likeness (QED) is 0.693. The molecule has 0 radical (unpaired) electrons. The molecule has 0 bridgehead atoms. The van der Waals surface area contributed by atoms with Crippen LogP contribution in [-0.4, -0.2) is 31.3 Å². The van der Waals surface area contributed by atoms with Crippen molar-refractivity contribution in [3.05, 3.63) is 11.6 Å². The first-order chi connectivity index (χ1) is 8.93. The van der Waals surface area contributed by atoms with E-state index in [4.69, 9.17) is 0 Å². The number of hydrogen-bond acceptors (Lipinski definition) is 2. The SMILES string of the molecule is O=C(COCC(F)(F)C(F)F)C1=CCCCCCC1. The Labute approximate surface area is 109 Å². The van der Waals surface area contributed by atoms with Crippen molar-refractivity contribution in [3.63, 3.8) is 0 Å². The molecular formula is C13H18F4O2. The summed E-state index contributed by atoms with van der Waals surface area (Å²) >= 11 is 0. The summed E-state index contributed by atoms with van der Waals surface area (Å²) in [7, 11) is 0. The van der Waals surface area contributed by atoms with E-state index in [-0.39, 0.29) is 5.78 Å². The van der Waals surface area contributed by atoms with Crippen LogP contribution >= 0.6 is 0 Å². The van der Waals surface area contributed by atoms with Crippen LogP contribution in [0, 0.1) is 0 Å². The van der Waals surface area contributed by atoms with Gasteiger partial charge in [0.25, 0.3) is 0 Å². The van der Waals surface area contributed by atoms with E-state index >= 15 is 0 Å². The molecule has 0 aromatic heterocycles. The zero-order valence-corrected chi connectivity index (χ0v) is 10.6. The van der Waals surface area contributed by atoms with Crippen molar-refractivity contribution in [1.29, 1.82) is 0 Å². The van der Waals surface area contributed by atoms with Gasteiger partial charge in [-0.05, 0) is 31.3 Å². The lowest BCUT2D eigenvalue weighted by Gasteiger charge is -2.15. The lowest BCUT2D eigenvalue weighted by atomic mass is 9.97. The molecule has 19 heavy (non-hydrogen) atoms. The number of alkyl halides is 4. The molecule has 1 aliphatic rings. The smallest absolute Gasteiger partial charge is 0.330 e. The normalized spacial score (nSPS) is 17.8. The average molecular weight is 282 g/mol. The largest absolute Gasteiger partial charge is 0.367 e. The van der Waals surface area contributed by atoms with Gasteiger partial charge in [-0.15, -0.1) is 0 Å². The Morgan fingerprint density at radius 3 is 2.63 bits per heavy atom. The molecule has 0 aromatic rings. The first-order valence-electron chi connectivity index (χ1n) is 6.39. The molecule has 110 valence electrons. The highest BCUT2D eigenvalue weighted by molar-refractivity contribution is 5.96. The summed E-state index contributed by atoms with van der Waals surface area (Å²) in [6, 6.07) is 0. The van der Waals surface area contributed by atoms with Gasteiger partial charge in [-0.1, -0.05) is 18.9 Å². The summed E-state index contributed by atoms with van der Waals surface area (Å²) in [5, 5.41) is 0. The topological polar surface area (TPSA) is 26.3 Å². The van der Waals surface area contributed by atoms with Crippen LogP contribution < -0.4 is 0 Å². The Bertz CT molecular complexity index is 327. The van der Waals surface area contributed by atoms with Crippen LogP contribution in [0.2, 0.25) is 0 Å². The van der Waals surface area contributed by atoms with Crippen LogP contribution in [0.4, 0.5) is 17.6 Å². The van der Waals surface area contributed by atoms with E-state index in [1.54, 1.807) is 6.08 Å². The fourth-order valence-corrected chi connectivity index (χ4v) is 1.88. The predicted molar refractivity (Wildman–Crippen MR) is 62.6 cm³/mol. The van der Waals surface area contributed by atoms with Gasteiger partial charge in [0.05, 0.1) is 0 Å². The molecule has 0 amide bonds. The van der Waals surface area contributed by atoms with Gasteiger partial charge in [-0.2, -0.15) is 8.78 Å². The predicted octanol–water partition coefficient (Wildman–Crippen LogP) is 3.75. The molecule has 0 aromatic carbocycles. The van der Waals surface area contributed by atoms with E-state index in [0.717, 1.165) is 32.1 Å². The standard InChI is InChI=1S/C13H18F4O2/c14-12(15)13(16,17)9-19-8-11(18)10-6-4-2-1-3-5-7-10/h6,12H,1-5,7-9H2. The maximum Gasteiger partial charge on any atom is 0.330 e. The van der Waals surface area contributed by atoms with Gasteiger partial charge in [0.15, 0.2) is 5.78 Å². The van der Waals surface area contributed by atoms with E-state index in [2.05, 4.69) is 4.74 Å². The van der Waals surface area contributed by atoms with E-state index < -0.39 is 25.6 Å². The van der Waals surface area contributed by atoms with E-state index in [9.17, 15) is 22.4 Å². The number of carbonyl (C=O) groups excluding carboxylic acids is 1. The number of ether oxygens (including phenoxy) is 1. The van der Waals surface area contributed by atoms with Crippen molar-refractivity contribution in [2.75, 3.05) is 13.2 Å². The van der Waals surface area contributed by atoms with Gasteiger partial charge in [-0.3, -0.25) is 4.79 Å². The van der Waals surface area contributed by atoms with Gasteiger partial charge in [-0.25, -0.2) is 8.78 Å². The maximum atomic E-state index is 12.6. The van der Waals surface area contributed by atoms with E-state index in [1.807, 2.05) is 0 Å². The second-order valence-corrected chi connectivity index (χ2v) is 4.66. The maximum absolute atomic E-state index is 12.6. The number of rotatable bonds is 6. The molecule has 0 N–H and O–H groups in total. The number of Topliss-reactive ketones (excluding diaryl/α,β-unsaturated/α-hetero) is 1. The fourth-order valence-electron chi connectivity index (χ4n) is 1.88. The molecule has 0 saturated carbocycles. The molecule has 0 spiro atoms. The van der Waals surface area contributed by atoms with Crippen LogP contribution in [0.25, 0.3) is 0 Å². The first kappa shape index (κ1) is 16.1. The summed E-state index contributed by atoms with van der Waals surface area (Å²) in [5.74, 6) is -4.58. The average Bonchev–Trinajstić information content (AvgIpc) is 2.27. The van der Waals surface area contributed by atoms with E-state index in [1.165, 1.54) is 0 Å². The molecule has 0 aliphatic heterocycles. The molecule has 0 heterocycles. The van der Waals surface area contributed by atoms with Crippen molar-refractivity contribution in [2.45, 2.75) is 50.9 Å². The zero-order chi connectivity index (χ0) is 14.3. The Morgan fingerprint density at radius 2 is 1.95 bits per heavy atom. The monoisotopic (exact) mass is 282 g/mol. The minimum absolute atomic E-state index is 0.382. The molecule has 0 saturated heterocycles. The fraction of sp³-hybridized carbons (Fsp3) is 0.769. The van der Waals surface area contributed by atoms with Crippen LogP contribution in [0.1, 0.15) is 38.5 Å². The van der Waals surface area contributed by atoms with Crippen LogP contribution in [0.15, 0.2) is 11.6 Å². The van der Waals surface area contributed by atoms with Gasteiger partial charge in [0.2, 0.25) is 0 Å². The third kappa shape index (κ3) is 5.72. The zero-order valence-electron chi connectivity index (χ0n) is 10.6. The minimum atomic E-state index is -4.20. The Hall–Kier alpha value is -0.910. The summed E-state index contributed by atoms with van der Waals surface area (Å²) in [6.45, 7) is -1.99. The molecule has 0 atom stereocenters. The number of ketones is 1. The summed E-state index contributed by atoms with van der Waals surface area (Å²) in [6.07, 6.45) is 3.46. The third-order valence-corrected chi connectivity index (χ3v) is 3.00. The third-order valence-electron chi connectivity index (χ3n) is 3.00. The van der Waals surface area contributed by atoms with E-state index in [0.29, 0.717) is 12.0 Å². The summed E-state index contributed by atoms with van der Waals surface area (Å²) < 4.78 is 53.3.